The minimum Gasteiger partial charge on any atom is -0.383 e. The van der Waals surface area contributed by atoms with Crippen LogP contribution in [0.5, 0.6) is 0 Å². The van der Waals surface area contributed by atoms with Gasteiger partial charge < -0.3 is 15.8 Å². The minimum absolute atomic E-state index is 0.173. The van der Waals surface area contributed by atoms with E-state index in [2.05, 4.69) is 10.3 Å². The first-order chi connectivity index (χ1) is 10.1. The van der Waals surface area contributed by atoms with E-state index in [4.69, 9.17) is 10.5 Å². The lowest BCUT2D eigenvalue weighted by atomic mass is 10.0. The third-order valence-corrected chi connectivity index (χ3v) is 4.09. The van der Waals surface area contributed by atoms with Crippen molar-refractivity contribution >= 4 is 11.5 Å². The van der Waals surface area contributed by atoms with Crippen LogP contribution in [-0.4, -0.2) is 29.8 Å². The van der Waals surface area contributed by atoms with Crippen LogP contribution >= 0.6 is 0 Å². The van der Waals surface area contributed by atoms with Crippen LogP contribution in [0, 0.1) is 5.92 Å². The Balaban J connectivity index is 2.06. The maximum Gasteiger partial charge on any atom is 0.330 e. The number of methoxy groups -OCH3 is 1. The SMILES string of the molecule is COCCn1c(N)c(NCCC2CCCC2)c(=O)[nH]c1=O. The second kappa shape index (κ2) is 7.31. The molecule has 1 aliphatic carbocycles. The van der Waals surface area contributed by atoms with Crippen LogP contribution in [0.4, 0.5) is 11.5 Å². The van der Waals surface area contributed by atoms with E-state index in [9.17, 15) is 9.59 Å². The molecular formula is C14H24N4O3. The van der Waals surface area contributed by atoms with E-state index in [1.807, 2.05) is 0 Å². The van der Waals surface area contributed by atoms with Gasteiger partial charge in [0.15, 0.2) is 0 Å². The van der Waals surface area contributed by atoms with Gasteiger partial charge in [-0.2, -0.15) is 0 Å². The van der Waals surface area contributed by atoms with Crippen LogP contribution in [0.3, 0.4) is 0 Å². The molecule has 1 aromatic rings. The van der Waals surface area contributed by atoms with E-state index in [1.165, 1.54) is 30.3 Å². The van der Waals surface area contributed by atoms with E-state index < -0.39 is 11.2 Å². The second-order valence-corrected chi connectivity index (χ2v) is 5.53. The predicted molar refractivity (Wildman–Crippen MR) is 82.7 cm³/mol. The average Bonchev–Trinajstić information content (AvgIpc) is 2.95. The number of aromatic nitrogens is 2. The first kappa shape index (κ1) is 15.6. The molecule has 2 rings (SSSR count). The Morgan fingerprint density at radius 1 is 1.38 bits per heavy atom. The lowest BCUT2D eigenvalue weighted by Gasteiger charge is -2.15. The topological polar surface area (TPSA) is 102 Å². The van der Waals surface area contributed by atoms with Crippen LogP contribution in [-0.2, 0) is 11.3 Å². The Kier molecular flexibility index (Phi) is 5.44. The fourth-order valence-electron chi connectivity index (χ4n) is 2.86. The minimum atomic E-state index is -0.504. The van der Waals surface area contributed by atoms with Crippen molar-refractivity contribution in [3.8, 4) is 0 Å². The van der Waals surface area contributed by atoms with Gasteiger partial charge in [-0.1, -0.05) is 25.7 Å². The fourth-order valence-corrected chi connectivity index (χ4v) is 2.86. The number of ether oxygens (including phenoxy) is 1. The van der Waals surface area contributed by atoms with Gasteiger partial charge in [0.05, 0.1) is 13.2 Å². The maximum atomic E-state index is 11.9. The zero-order valence-electron chi connectivity index (χ0n) is 12.5. The van der Waals surface area contributed by atoms with Gasteiger partial charge in [0.1, 0.15) is 11.5 Å². The number of H-pyrrole nitrogens is 1. The number of anilines is 2. The number of hydrogen-bond donors (Lipinski definition) is 3. The normalized spacial score (nSPS) is 15.5. The summed E-state index contributed by atoms with van der Waals surface area (Å²) in [6.07, 6.45) is 6.16. The van der Waals surface area contributed by atoms with Gasteiger partial charge in [0.2, 0.25) is 0 Å². The summed E-state index contributed by atoms with van der Waals surface area (Å²) in [5.41, 5.74) is 5.26. The number of hydrogen-bond acceptors (Lipinski definition) is 5. The molecule has 0 bridgehead atoms. The lowest BCUT2D eigenvalue weighted by molar-refractivity contribution is 0.186. The van der Waals surface area contributed by atoms with Gasteiger partial charge >= 0.3 is 5.69 Å². The Bertz CT molecular complexity index is 573. The van der Waals surface area contributed by atoms with Crippen molar-refractivity contribution in [2.24, 2.45) is 5.92 Å². The van der Waals surface area contributed by atoms with Crippen molar-refractivity contribution in [3.05, 3.63) is 20.8 Å². The molecule has 7 heteroatoms. The highest BCUT2D eigenvalue weighted by Crippen LogP contribution is 2.27. The summed E-state index contributed by atoms with van der Waals surface area (Å²) in [5, 5.41) is 3.08. The molecule has 0 unspecified atom stereocenters. The van der Waals surface area contributed by atoms with Crippen molar-refractivity contribution in [2.75, 3.05) is 31.3 Å². The van der Waals surface area contributed by atoms with Crippen molar-refractivity contribution in [3.63, 3.8) is 0 Å². The van der Waals surface area contributed by atoms with Gasteiger partial charge in [0, 0.05) is 13.7 Å². The molecule has 1 aliphatic rings. The highest BCUT2D eigenvalue weighted by Gasteiger charge is 2.16. The Morgan fingerprint density at radius 2 is 2.10 bits per heavy atom. The quantitative estimate of drug-likeness (QED) is 0.689. The zero-order chi connectivity index (χ0) is 15.2. The van der Waals surface area contributed by atoms with E-state index in [1.54, 1.807) is 7.11 Å². The highest BCUT2D eigenvalue weighted by atomic mass is 16.5. The summed E-state index contributed by atoms with van der Waals surface area (Å²) in [6.45, 7) is 1.37. The van der Waals surface area contributed by atoms with Gasteiger partial charge in [-0.3, -0.25) is 14.3 Å². The van der Waals surface area contributed by atoms with Crippen LogP contribution in [0.15, 0.2) is 9.59 Å². The molecule has 0 atom stereocenters. The van der Waals surface area contributed by atoms with Crippen LogP contribution in [0.1, 0.15) is 32.1 Å². The summed E-state index contributed by atoms with van der Waals surface area (Å²) in [5.74, 6) is 0.907. The summed E-state index contributed by atoms with van der Waals surface area (Å²) >= 11 is 0. The zero-order valence-corrected chi connectivity index (χ0v) is 12.5. The molecule has 1 heterocycles. The van der Waals surface area contributed by atoms with Crippen molar-refractivity contribution in [1.29, 1.82) is 0 Å². The predicted octanol–water partition coefficient (Wildman–Crippen LogP) is 0.757. The summed E-state index contributed by atoms with van der Waals surface area (Å²) < 4.78 is 6.27. The Hall–Kier alpha value is -1.76. The van der Waals surface area contributed by atoms with Gasteiger partial charge in [-0.05, 0) is 12.3 Å². The maximum absolute atomic E-state index is 11.9. The van der Waals surface area contributed by atoms with E-state index >= 15 is 0 Å². The molecule has 1 saturated carbocycles. The van der Waals surface area contributed by atoms with E-state index in [-0.39, 0.29) is 11.5 Å². The Labute approximate surface area is 123 Å². The molecule has 0 saturated heterocycles. The average molecular weight is 296 g/mol. The molecule has 118 valence electrons. The molecule has 0 spiro atoms. The molecule has 0 aromatic carbocycles. The molecular weight excluding hydrogens is 272 g/mol. The van der Waals surface area contributed by atoms with Gasteiger partial charge in [0.25, 0.3) is 5.56 Å². The van der Waals surface area contributed by atoms with Gasteiger partial charge in [-0.15, -0.1) is 0 Å². The number of nitrogens with zero attached hydrogens (tertiary/aromatic N) is 1. The molecule has 1 aromatic heterocycles. The number of nitrogens with two attached hydrogens (primary N) is 1. The smallest absolute Gasteiger partial charge is 0.330 e. The molecule has 0 radical (unpaired) electrons. The highest BCUT2D eigenvalue weighted by molar-refractivity contribution is 5.60. The van der Waals surface area contributed by atoms with Crippen LogP contribution < -0.4 is 22.3 Å². The number of aromatic amines is 1. The third kappa shape index (κ3) is 3.87. The summed E-state index contributed by atoms with van der Waals surface area (Å²) in [7, 11) is 1.55. The largest absolute Gasteiger partial charge is 0.383 e. The number of rotatable bonds is 7. The number of nitrogens with one attached hydrogen (secondary N) is 2. The van der Waals surface area contributed by atoms with Crippen LogP contribution in [0.25, 0.3) is 0 Å². The van der Waals surface area contributed by atoms with E-state index in [0.717, 1.165) is 12.3 Å². The summed E-state index contributed by atoms with van der Waals surface area (Å²) in [4.78, 5) is 25.9. The van der Waals surface area contributed by atoms with E-state index in [0.29, 0.717) is 19.7 Å². The molecule has 0 aliphatic heterocycles. The van der Waals surface area contributed by atoms with Gasteiger partial charge in [-0.25, -0.2) is 4.79 Å². The monoisotopic (exact) mass is 296 g/mol. The van der Waals surface area contributed by atoms with Crippen molar-refractivity contribution < 1.29 is 4.74 Å². The lowest BCUT2D eigenvalue weighted by Crippen LogP contribution is -2.35. The Morgan fingerprint density at radius 3 is 2.76 bits per heavy atom. The fraction of sp³-hybridized carbons (Fsp3) is 0.714. The third-order valence-electron chi connectivity index (χ3n) is 4.09. The molecule has 7 nitrogen and oxygen atoms in total. The molecule has 0 amide bonds. The molecule has 21 heavy (non-hydrogen) atoms. The second-order valence-electron chi connectivity index (χ2n) is 5.53. The van der Waals surface area contributed by atoms with Crippen LogP contribution in [0.2, 0.25) is 0 Å². The first-order valence-electron chi connectivity index (χ1n) is 7.49. The molecule has 4 N–H and O–H groups in total. The standard InChI is InChI=1S/C14H24N4O3/c1-21-9-8-18-12(15)11(13(19)17-14(18)20)16-7-6-10-4-2-3-5-10/h10,16H,2-9,15H2,1H3,(H,17,19,20). The van der Waals surface area contributed by atoms with Crippen molar-refractivity contribution in [2.45, 2.75) is 38.6 Å². The summed E-state index contributed by atoms with van der Waals surface area (Å²) in [6, 6.07) is 0. The first-order valence-corrected chi connectivity index (χ1v) is 7.49. The number of nitrogen functional groups attached to an aromatic ring is 1. The van der Waals surface area contributed by atoms with Crippen molar-refractivity contribution in [1.82, 2.24) is 9.55 Å². The molecule has 1 fully saturated rings.